The zero-order valence-electron chi connectivity index (χ0n) is 10.3. The lowest BCUT2D eigenvalue weighted by Gasteiger charge is -2.13. The second-order valence-electron chi connectivity index (χ2n) is 4.81. The molecule has 2 rings (SSSR count). The van der Waals surface area contributed by atoms with Crippen molar-refractivity contribution in [2.45, 2.75) is 31.1 Å². The van der Waals surface area contributed by atoms with Crippen LogP contribution in [0.1, 0.15) is 31.7 Å². The quantitative estimate of drug-likeness (QED) is 0.884. The summed E-state index contributed by atoms with van der Waals surface area (Å²) in [5.74, 6) is 0. The highest BCUT2D eigenvalue weighted by Crippen LogP contribution is 2.48. The summed E-state index contributed by atoms with van der Waals surface area (Å²) < 4.78 is 26.7. The maximum atomic E-state index is 12.0. The van der Waals surface area contributed by atoms with Gasteiger partial charge in [-0.05, 0) is 48.9 Å². The molecule has 0 aliphatic heterocycles. The van der Waals surface area contributed by atoms with Crippen molar-refractivity contribution in [3.63, 3.8) is 0 Å². The van der Waals surface area contributed by atoms with Crippen LogP contribution in [0.5, 0.6) is 0 Å². The Bertz CT molecular complexity index is 566. The van der Waals surface area contributed by atoms with Gasteiger partial charge in [0.05, 0.1) is 16.5 Å². The monoisotopic (exact) mass is 264 g/mol. The van der Waals surface area contributed by atoms with Gasteiger partial charge in [0.25, 0.3) is 0 Å². The van der Waals surface area contributed by atoms with Crippen LogP contribution in [-0.2, 0) is 10.0 Å². The summed E-state index contributed by atoms with van der Waals surface area (Å²) in [7, 11) is -3.45. The number of rotatable bonds is 5. The van der Waals surface area contributed by atoms with E-state index in [0.717, 1.165) is 19.3 Å². The van der Waals surface area contributed by atoms with Crippen molar-refractivity contribution < 1.29 is 8.42 Å². The van der Waals surface area contributed by atoms with E-state index >= 15 is 0 Å². The van der Waals surface area contributed by atoms with Gasteiger partial charge in [-0.3, -0.25) is 0 Å². The highest BCUT2D eigenvalue weighted by molar-refractivity contribution is 7.89. The lowest BCUT2D eigenvalue weighted by Crippen LogP contribution is -2.30. The van der Waals surface area contributed by atoms with Gasteiger partial charge in [0.1, 0.15) is 0 Å². The predicted octanol–water partition coefficient (Wildman–Crippen LogP) is 2.03. The molecule has 0 bridgehead atoms. The summed E-state index contributed by atoms with van der Waals surface area (Å²) in [6, 6.07) is 7.93. The molecule has 0 atom stereocenters. The Balaban J connectivity index is 2.08. The molecule has 4 nitrogen and oxygen atoms in total. The number of nitriles is 1. The first kappa shape index (κ1) is 13.1. The molecular formula is C13H16N2O2S. The molecule has 1 fully saturated rings. The van der Waals surface area contributed by atoms with Gasteiger partial charge in [0, 0.05) is 6.54 Å². The van der Waals surface area contributed by atoms with E-state index in [-0.39, 0.29) is 10.3 Å². The molecular weight excluding hydrogens is 248 g/mol. The molecule has 0 heterocycles. The van der Waals surface area contributed by atoms with Crippen molar-refractivity contribution >= 4 is 10.0 Å². The topological polar surface area (TPSA) is 70.0 Å². The van der Waals surface area contributed by atoms with Crippen molar-refractivity contribution in [3.8, 4) is 6.07 Å². The van der Waals surface area contributed by atoms with E-state index in [1.165, 1.54) is 24.3 Å². The molecule has 18 heavy (non-hydrogen) atoms. The van der Waals surface area contributed by atoms with Gasteiger partial charge >= 0.3 is 0 Å². The van der Waals surface area contributed by atoms with Gasteiger partial charge in [-0.1, -0.05) is 6.92 Å². The summed E-state index contributed by atoms with van der Waals surface area (Å²) in [6.45, 7) is 2.59. The normalized spacial score (nSPS) is 17.1. The standard InChI is InChI=1S/C13H16N2O2S/c1-2-13(7-8-13)10-15-18(16,17)12-5-3-11(9-14)4-6-12/h3-6,15H,2,7-8,10H2,1H3. The average molecular weight is 264 g/mol. The van der Waals surface area contributed by atoms with Gasteiger partial charge in [0.15, 0.2) is 0 Å². The summed E-state index contributed by atoms with van der Waals surface area (Å²) in [6.07, 6.45) is 3.20. The lowest BCUT2D eigenvalue weighted by molar-refractivity contribution is 0.475. The molecule has 0 amide bonds. The maximum absolute atomic E-state index is 12.0. The first-order valence-corrected chi connectivity index (χ1v) is 7.49. The molecule has 96 valence electrons. The maximum Gasteiger partial charge on any atom is 0.240 e. The predicted molar refractivity (Wildman–Crippen MR) is 68.3 cm³/mol. The largest absolute Gasteiger partial charge is 0.240 e. The number of hydrogen-bond donors (Lipinski definition) is 1. The zero-order chi connectivity index (χ0) is 13.2. The van der Waals surface area contributed by atoms with Crippen molar-refractivity contribution in [2.75, 3.05) is 6.54 Å². The summed E-state index contributed by atoms with van der Waals surface area (Å²) in [5.41, 5.74) is 0.640. The van der Waals surface area contributed by atoms with Crippen LogP contribution in [0.2, 0.25) is 0 Å². The molecule has 0 spiro atoms. The molecule has 1 aliphatic carbocycles. The number of hydrogen-bond acceptors (Lipinski definition) is 3. The van der Waals surface area contributed by atoms with Gasteiger partial charge in [0.2, 0.25) is 10.0 Å². The molecule has 1 aliphatic rings. The van der Waals surface area contributed by atoms with Gasteiger partial charge < -0.3 is 0 Å². The fourth-order valence-corrected chi connectivity index (χ4v) is 3.03. The number of sulfonamides is 1. The van der Waals surface area contributed by atoms with Crippen molar-refractivity contribution in [1.29, 1.82) is 5.26 Å². The van der Waals surface area contributed by atoms with Crippen LogP contribution in [0.4, 0.5) is 0 Å². The Morgan fingerprint density at radius 1 is 1.33 bits per heavy atom. The summed E-state index contributed by atoms with van der Waals surface area (Å²) in [5, 5.41) is 8.67. The molecule has 1 aromatic carbocycles. The number of nitrogens with one attached hydrogen (secondary N) is 1. The van der Waals surface area contributed by atoms with Crippen LogP contribution in [0.25, 0.3) is 0 Å². The fraction of sp³-hybridized carbons (Fsp3) is 0.462. The van der Waals surface area contributed by atoms with Crippen molar-refractivity contribution in [1.82, 2.24) is 4.72 Å². The molecule has 1 N–H and O–H groups in total. The minimum atomic E-state index is -3.45. The fourth-order valence-electron chi connectivity index (χ4n) is 1.87. The highest BCUT2D eigenvalue weighted by atomic mass is 32.2. The lowest BCUT2D eigenvalue weighted by atomic mass is 10.1. The van der Waals surface area contributed by atoms with Crippen LogP contribution in [-0.4, -0.2) is 15.0 Å². The van der Waals surface area contributed by atoms with Gasteiger partial charge in [-0.25, -0.2) is 13.1 Å². The molecule has 5 heteroatoms. The second kappa shape index (κ2) is 4.71. The first-order chi connectivity index (χ1) is 8.51. The summed E-state index contributed by atoms with van der Waals surface area (Å²) in [4.78, 5) is 0.216. The molecule has 1 aromatic rings. The zero-order valence-corrected chi connectivity index (χ0v) is 11.1. The van der Waals surface area contributed by atoms with E-state index in [2.05, 4.69) is 11.6 Å². The van der Waals surface area contributed by atoms with Gasteiger partial charge in [-0.2, -0.15) is 5.26 Å². The van der Waals surface area contributed by atoms with E-state index in [1.54, 1.807) is 0 Å². The molecule has 0 radical (unpaired) electrons. The van der Waals surface area contributed by atoms with E-state index in [4.69, 9.17) is 5.26 Å². The average Bonchev–Trinajstić information content (AvgIpc) is 3.17. The van der Waals surface area contributed by atoms with Gasteiger partial charge in [-0.15, -0.1) is 0 Å². The second-order valence-corrected chi connectivity index (χ2v) is 6.58. The smallest absolute Gasteiger partial charge is 0.211 e. The van der Waals surface area contributed by atoms with E-state index in [1.807, 2.05) is 6.07 Å². The van der Waals surface area contributed by atoms with E-state index in [9.17, 15) is 8.42 Å². The summed E-state index contributed by atoms with van der Waals surface area (Å²) >= 11 is 0. The number of benzene rings is 1. The van der Waals surface area contributed by atoms with Crippen LogP contribution < -0.4 is 4.72 Å². The Morgan fingerprint density at radius 3 is 2.39 bits per heavy atom. The van der Waals surface area contributed by atoms with Crippen molar-refractivity contribution in [3.05, 3.63) is 29.8 Å². The minimum absolute atomic E-state index is 0.180. The third kappa shape index (κ3) is 2.71. The van der Waals surface area contributed by atoms with Crippen LogP contribution >= 0.6 is 0 Å². The SMILES string of the molecule is CCC1(CNS(=O)(=O)c2ccc(C#N)cc2)CC1. The van der Waals surface area contributed by atoms with Crippen LogP contribution in [0.15, 0.2) is 29.2 Å². The minimum Gasteiger partial charge on any atom is -0.211 e. The first-order valence-electron chi connectivity index (χ1n) is 6.01. The molecule has 0 aromatic heterocycles. The number of nitrogens with zero attached hydrogens (tertiary/aromatic N) is 1. The Morgan fingerprint density at radius 2 is 1.94 bits per heavy atom. The van der Waals surface area contributed by atoms with Crippen molar-refractivity contribution in [2.24, 2.45) is 5.41 Å². The Kier molecular flexibility index (Phi) is 3.42. The van der Waals surface area contributed by atoms with E-state index in [0.29, 0.717) is 12.1 Å². The van der Waals surface area contributed by atoms with Crippen LogP contribution in [0.3, 0.4) is 0 Å². The molecule has 0 unspecified atom stereocenters. The Labute approximate surface area is 108 Å². The third-order valence-electron chi connectivity index (χ3n) is 3.64. The van der Waals surface area contributed by atoms with E-state index < -0.39 is 10.0 Å². The molecule has 0 saturated heterocycles. The van der Waals surface area contributed by atoms with Crippen LogP contribution in [0, 0.1) is 16.7 Å². The Hall–Kier alpha value is -1.38. The highest BCUT2D eigenvalue weighted by Gasteiger charge is 2.41. The third-order valence-corrected chi connectivity index (χ3v) is 5.06. The molecule has 1 saturated carbocycles.